The number of nitrogens with one attached hydrogen (secondary N) is 2. The molecule has 1 unspecified atom stereocenters. The molecule has 2 fully saturated rings. The van der Waals surface area contributed by atoms with Gasteiger partial charge < -0.3 is 20.1 Å². The highest BCUT2D eigenvalue weighted by atomic mass is 16.5. The van der Waals surface area contributed by atoms with Crippen LogP contribution in [0.1, 0.15) is 36.0 Å². The molecule has 146 valence electrons. The van der Waals surface area contributed by atoms with Crippen molar-refractivity contribution in [2.75, 3.05) is 23.8 Å². The van der Waals surface area contributed by atoms with Crippen LogP contribution in [0, 0.1) is 5.92 Å². The molecule has 0 radical (unpaired) electrons. The van der Waals surface area contributed by atoms with Gasteiger partial charge in [-0.1, -0.05) is 0 Å². The average molecular weight is 380 g/mol. The minimum Gasteiger partial charge on any atom is -0.491 e. The van der Waals surface area contributed by atoms with Crippen molar-refractivity contribution in [2.45, 2.75) is 31.8 Å². The predicted octanol–water partition coefficient (Wildman–Crippen LogP) is 3.85. The Morgan fingerprint density at radius 2 is 1.61 bits per heavy atom. The van der Waals surface area contributed by atoms with Crippen LogP contribution >= 0.6 is 0 Å². The topological polar surface area (TPSA) is 76.7 Å². The SMILES string of the molecule is O=C(Nc1ccc(NC(=O)C2CC2)cc1)c1ccc(OCC2CCCO2)cc1. The molecule has 28 heavy (non-hydrogen) atoms. The van der Waals surface area contributed by atoms with Crippen LogP contribution in [0.25, 0.3) is 0 Å². The quantitative estimate of drug-likeness (QED) is 0.765. The van der Waals surface area contributed by atoms with E-state index in [9.17, 15) is 9.59 Å². The van der Waals surface area contributed by atoms with E-state index in [1.54, 1.807) is 48.5 Å². The van der Waals surface area contributed by atoms with Gasteiger partial charge in [0.2, 0.25) is 5.91 Å². The van der Waals surface area contributed by atoms with E-state index in [0.717, 1.165) is 43.7 Å². The van der Waals surface area contributed by atoms with Gasteiger partial charge in [-0.15, -0.1) is 0 Å². The van der Waals surface area contributed by atoms with Crippen LogP contribution in [0.3, 0.4) is 0 Å². The van der Waals surface area contributed by atoms with Crippen molar-refractivity contribution >= 4 is 23.2 Å². The highest BCUT2D eigenvalue weighted by molar-refractivity contribution is 6.04. The number of amides is 2. The molecule has 0 bridgehead atoms. The molecule has 4 rings (SSSR count). The van der Waals surface area contributed by atoms with Crippen LogP contribution in [-0.2, 0) is 9.53 Å². The highest BCUT2D eigenvalue weighted by Crippen LogP contribution is 2.30. The number of rotatable bonds is 7. The molecule has 6 heteroatoms. The van der Waals surface area contributed by atoms with Crippen molar-refractivity contribution in [3.63, 3.8) is 0 Å². The zero-order valence-corrected chi connectivity index (χ0v) is 15.6. The number of carbonyl (C=O) groups is 2. The molecule has 6 nitrogen and oxygen atoms in total. The Morgan fingerprint density at radius 1 is 0.929 bits per heavy atom. The minimum absolute atomic E-state index is 0.0681. The fraction of sp³-hybridized carbons (Fsp3) is 0.364. The third kappa shape index (κ3) is 4.89. The first-order valence-corrected chi connectivity index (χ1v) is 9.74. The maximum atomic E-state index is 12.4. The van der Waals surface area contributed by atoms with Gasteiger partial charge in [0.15, 0.2) is 0 Å². The van der Waals surface area contributed by atoms with Crippen LogP contribution in [-0.4, -0.2) is 31.1 Å². The van der Waals surface area contributed by atoms with E-state index in [0.29, 0.717) is 17.9 Å². The maximum absolute atomic E-state index is 12.4. The normalized spacial score (nSPS) is 18.5. The van der Waals surface area contributed by atoms with Crippen LogP contribution in [0.15, 0.2) is 48.5 Å². The van der Waals surface area contributed by atoms with Gasteiger partial charge in [0.05, 0.1) is 6.10 Å². The Morgan fingerprint density at radius 3 is 2.21 bits per heavy atom. The summed E-state index contributed by atoms with van der Waals surface area (Å²) in [4.78, 5) is 24.2. The van der Waals surface area contributed by atoms with Crippen molar-refractivity contribution in [1.82, 2.24) is 0 Å². The summed E-state index contributed by atoms with van der Waals surface area (Å²) in [5, 5.41) is 5.74. The van der Waals surface area contributed by atoms with Crippen molar-refractivity contribution in [1.29, 1.82) is 0 Å². The standard InChI is InChI=1S/C22H24N2O4/c25-21(15-3-4-15)23-17-7-9-18(10-8-17)24-22(26)16-5-11-19(12-6-16)28-14-20-2-1-13-27-20/h5-12,15,20H,1-4,13-14H2,(H,23,25)(H,24,26). The molecule has 1 aliphatic heterocycles. The van der Waals surface area contributed by atoms with Crippen LogP contribution in [0.2, 0.25) is 0 Å². The third-order valence-corrected chi connectivity index (χ3v) is 4.93. The van der Waals surface area contributed by atoms with Crippen LogP contribution < -0.4 is 15.4 Å². The molecule has 2 N–H and O–H groups in total. The summed E-state index contributed by atoms with van der Waals surface area (Å²) in [6, 6.07) is 14.2. The number of hydrogen-bond donors (Lipinski definition) is 2. The van der Waals surface area contributed by atoms with Crippen LogP contribution in [0.4, 0.5) is 11.4 Å². The van der Waals surface area contributed by atoms with Gasteiger partial charge in [-0.25, -0.2) is 0 Å². The lowest BCUT2D eigenvalue weighted by Gasteiger charge is -2.12. The largest absolute Gasteiger partial charge is 0.491 e. The maximum Gasteiger partial charge on any atom is 0.255 e. The summed E-state index contributed by atoms with van der Waals surface area (Å²) in [6.07, 6.45) is 4.22. The lowest BCUT2D eigenvalue weighted by atomic mass is 10.2. The van der Waals surface area contributed by atoms with Gasteiger partial charge >= 0.3 is 0 Å². The monoisotopic (exact) mass is 380 g/mol. The molecule has 2 amide bonds. The van der Waals surface area contributed by atoms with Crippen molar-refractivity contribution in [3.8, 4) is 5.75 Å². The van der Waals surface area contributed by atoms with E-state index in [4.69, 9.17) is 9.47 Å². The van der Waals surface area contributed by atoms with Gasteiger partial charge in [-0.05, 0) is 74.2 Å². The first kappa shape index (κ1) is 18.5. The molecule has 1 aliphatic carbocycles. The third-order valence-electron chi connectivity index (χ3n) is 4.93. The number of benzene rings is 2. The second-order valence-corrected chi connectivity index (χ2v) is 7.27. The van der Waals surface area contributed by atoms with Gasteiger partial charge in [0.25, 0.3) is 5.91 Å². The first-order chi connectivity index (χ1) is 13.7. The van der Waals surface area contributed by atoms with E-state index in [1.165, 1.54) is 0 Å². The zero-order chi connectivity index (χ0) is 19.3. The van der Waals surface area contributed by atoms with E-state index >= 15 is 0 Å². The van der Waals surface area contributed by atoms with Gasteiger partial charge in [-0.2, -0.15) is 0 Å². The van der Waals surface area contributed by atoms with Gasteiger partial charge in [0.1, 0.15) is 12.4 Å². The number of anilines is 2. The van der Waals surface area contributed by atoms with E-state index in [-0.39, 0.29) is 23.8 Å². The smallest absolute Gasteiger partial charge is 0.255 e. The molecule has 2 aromatic carbocycles. The molecule has 2 aromatic rings. The molecule has 2 aliphatic rings. The summed E-state index contributed by atoms with van der Waals surface area (Å²) in [5.74, 6) is 0.763. The van der Waals surface area contributed by atoms with Crippen molar-refractivity contribution in [2.24, 2.45) is 5.92 Å². The molecular weight excluding hydrogens is 356 g/mol. The molecule has 0 spiro atoms. The van der Waals surface area contributed by atoms with E-state index < -0.39 is 0 Å². The van der Waals surface area contributed by atoms with Crippen molar-refractivity contribution < 1.29 is 19.1 Å². The van der Waals surface area contributed by atoms with Crippen molar-refractivity contribution in [3.05, 3.63) is 54.1 Å². The van der Waals surface area contributed by atoms with Gasteiger partial charge in [0, 0.05) is 29.5 Å². The Kier molecular flexibility index (Phi) is 5.58. The lowest BCUT2D eigenvalue weighted by molar-refractivity contribution is -0.117. The second-order valence-electron chi connectivity index (χ2n) is 7.27. The molecule has 1 heterocycles. The summed E-state index contributed by atoms with van der Waals surface area (Å²) in [6.45, 7) is 1.34. The molecule has 1 saturated carbocycles. The first-order valence-electron chi connectivity index (χ1n) is 9.74. The molecular formula is C22H24N2O4. The summed E-state index contributed by atoms with van der Waals surface area (Å²) in [7, 11) is 0. The number of ether oxygens (including phenoxy) is 2. The average Bonchev–Trinajstić information content (AvgIpc) is 3.44. The fourth-order valence-electron chi connectivity index (χ4n) is 3.10. The number of hydrogen-bond acceptors (Lipinski definition) is 4. The van der Waals surface area contributed by atoms with E-state index in [2.05, 4.69) is 10.6 Å². The molecule has 1 saturated heterocycles. The second kappa shape index (κ2) is 8.44. The predicted molar refractivity (Wildman–Crippen MR) is 107 cm³/mol. The zero-order valence-electron chi connectivity index (χ0n) is 15.6. The number of carbonyl (C=O) groups excluding carboxylic acids is 2. The van der Waals surface area contributed by atoms with E-state index in [1.807, 2.05) is 0 Å². The summed E-state index contributed by atoms with van der Waals surface area (Å²) in [5.41, 5.74) is 1.96. The molecule has 0 aromatic heterocycles. The Hall–Kier alpha value is -2.86. The Balaban J connectivity index is 1.28. The van der Waals surface area contributed by atoms with Gasteiger partial charge in [-0.3, -0.25) is 9.59 Å². The minimum atomic E-state index is -0.194. The Bertz CT molecular complexity index is 823. The summed E-state index contributed by atoms with van der Waals surface area (Å²) >= 11 is 0. The molecule has 1 atom stereocenters. The highest BCUT2D eigenvalue weighted by Gasteiger charge is 2.29. The van der Waals surface area contributed by atoms with Crippen LogP contribution in [0.5, 0.6) is 5.75 Å². The lowest BCUT2D eigenvalue weighted by Crippen LogP contribution is -2.16. The Labute approximate surface area is 164 Å². The summed E-state index contributed by atoms with van der Waals surface area (Å²) < 4.78 is 11.3. The fourth-order valence-corrected chi connectivity index (χ4v) is 3.10.